The van der Waals surface area contributed by atoms with Gasteiger partial charge in [0.1, 0.15) is 28.8 Å². The number of hydrogen-bond donors (Lipinski definition) is 1. The van der Waals surface area contributed by atoms with Gasteiger partial charge in [0.2, 0.25) is 5.78 Å². The topological polar surface area (TPSA) is 46.9 Å². The maximum Gasteiger partial charge on any atom is 0.211 e. The summed E-state index contributed by atoms with van der Waals surface area (Å²) in [5.74, 6) is -0.230. The van der Waals surface area contributed by atoms with Crippen molar-refractivity contribution in [2.45, 2.75) is 25.9 Å². The first-order valence-corrected chi connectivity index (χ1v) is 8.79. The van der Waals surface area contributed by atoms with Gasteiger partial charge in [0, 0.05) is 24.2 Å². The number of nitrogens with zero attached hydrogens (tertiary/aromatic N) is 2. The Hall–Kier alpha value is -2.86. The number of rotatable bonds is 3. The fourth-order valence-electron chi connectivity index (χ4n) is 3.48. The number of carbonyl (C=O) groups is 1. The maximum atomic E-state index is 13.4. The molecule has 2 heterocycles. The molecule has 4 nitrogen and oxygen atoms in total. The quantitative estimate of drug-likeness (QED) is 0.715. The SMILES string of the molecule is CC1(C)NCCn2c1nc(-c1ccc(F)cc1)c2C(=O)c1ccc(F)cc1. The average molecular weight is 367 g/mol. The van der Waals surface area contributed by atoms with Crippen LogP contribution in [-0.4, -0.2) is 21.9 Å². The van der Waals surface area contributed by atoms with Crippen LogP contribution < -0.4 is 5.32 Å². The summed E-state index contributed by atoms with van der Waals surface area (Å²) < 4.78 is 28.6. The lowest BCUT2D eigenvalue weighted by Gasteiger charge is -2.32. The highest BCUT2D eigenvalue weighted by Crippen LogP contribution is 2.32. The van der Waals surface area contributed by atoms with Gasteiger partial charge in [0.05, 0.1) is 5.54 Å². The smallest absolute Gasteiger partial charge is 0.211 e. The minimum absolute atomic E-state index is 0.231. The monoisotopic (exact) mass is 367 g/mol. The Morgan fingerprint density at radius 2 is 1.63 bits per heavy atom. The zero-order valence-corrected chi connectivity index (χ0v) is 15.1. The zero-order chi connectivity index (χ0) is 19.2. The van der Waals surface area contributed by atoms with Crippen LogP contribution in [0.4, 0.5) is 8.78 Å². The molecule has 0 fully saturated rings. The summed E-state index contributed by atoms with van der Waals surface area (Å²) >= 11 is 0. The fourth-order valence-corrected chi connectivity index (χ4v) is 3.48. The summed E-state index contributed by atoms with van der Waals surface area (Å²) in [6.45, 7) is 5.30. The predicted molar refractivity (Wildman–Crippen MR) is 98.5 cm³/mol. The molecule has 0 bridgehead atoms. The van der Waals surface area contributed by atoms with E-state index in [9.17, 15) is 13.6 Å². The van der Waals surface area contributed by atoms with Crippen LogP contribution in [0, 0.1) is 11.6 Å². The molecule has 1 aliphatic rings. The van der Waals surface area contributed by atoms with Crippen LogP contribution in [0.2, 0.25) is 0 Å². The van der Waals surface area contributed by atoms with Gasteiger partial charge in [-0.1, -0.05) is 0 Å². The van der Waals surface area contributed by atoms with Crippen molar-refractivity contribution in [2.24, 2.45) is 0 Å². The van der Waals surface area contributed by atoms with Crippen molar-refractivity contribution in [3.05, 3.63) is 77.2 Å². The van der Waals surface area contributed by atoms with Crippen LogP contribution in [0.5, 0.6) is 0 Å². The van der Waals surface area contributed by atoms with Gasteiger partial charge in [0.25, 0.3) is 0 Å². The second kappa shape index (κ2) is 6.39. The Morgan fingerprint density at radius 3 is 2.26 bits per heavy atom. The van der Waals surface area contributed by atoms with Gasteiger partial charge < -0.3 is 9.88 Å². The van der Waals surface area contributed by atoms with Crippen molar-refractivity contribution in [1.29, 1.82) is 0 Å². The molecule has 6 heteroatoms. The third kappa shape index (κ3) is 3.06. The second-order valence-electron chi connectivity index (χ2n) is 7.18. The van der Waals surface area contributed by atoms with Crippen molar-refractivity contribution >= 4 is 5.78 Å². The Balaban J connectivity index is 1.93. The molecule has 0 aliphatic carbocycles. The summed E-state index contributed by atoms with van der Waals surface area (Å²) in [6, 6.07) is 11.4. The minimum Gasteiger partial charge on any atom is -0.322 e. The highest BCUT2D eigenvalue weighted by molar-refractivity contribution is 6.11. The number of halogens is 2. The first kappa shape index (κ1) is 17.5. The van der Waals surface area contributed by atoms with E-state index in [1.165, 1.54) is 36.4 Å². The lowest BCUT2D eigenvalue weighted by atomic mass is 10.0. The standard InChI is InChI=1S/C21H19F2N3O/c1-21(2)20-25-17(13-3-7-15(22)8-4-13)18(26(20)12-11-24-21)19(27)14-5-9-16(23)10-6-14/h3-10,24H,11-12H2,1-2H3. The minimum atomic E-state index is -0.408. The van der Waals surface area contributed by atoms with Gasteiger partial charge >= 0.3 is 0 Å². The molecule has 138 valence electrons. The molecule has 27 heavy (non-hydrogen) atoms. The van der Waals surface area contributed by atoms with Crippen LogP contribution in [-0.2, 0) is 12.1 Å². The molecule has 0 saturated heterocycles. The second-order valence-corrected chi connectivity index (χ2v) is 7.18. The number of benzene rings is 2. The average Bonchev–Trinajstić information content (AvgIpc) is 3.03. The maximum absolute atomic E-state index is 13.4. The van der Waals surface area contributed by atoms with Crippen LogP contribution in [0.15, 0.2) is 48.5 Å². The summed E-state index contributed by atoms with van der Waals surface area (Å²) in [5, 5.41) is 3.40. The number of aromatic nitrogens is 2. The molecule has 0 unspecified atom stereocenters. The van der Waals surface area contributed by atoms with Gasteiger partial charge in [-0.25, -0.2) is 13.8 Å². The van der Waals surface area contributed by atoms with E-state index in [-0.39, 0.29) is 11.6 Å². The number of nitrogens with one attached hydrogen (secondary N) is 1. The normalized spacial score (nSPS) is 15.4. The van der Waals surface area contributed by atoms with E-state index in [0.29, 0.717) is 35.6 Å². The summed E-state index contributed by atoms with van der Waals surface area (Å²) in [7, 11) is 0. The molecule has 0 saturated carbocycles. The number of fused-ring (bicyclic) bond motifs is 1. The van der Waals surface area contributed by atoms with Crippen LogP contribution in [0.25, 0.3) is 11.3 Å². The molecule has 4 rings (SSSR count). The molecular formula is C21H19F2N3O. The first-order valence-electron chi connectivity index (χ1n) is 8.79. The highest BCUT2D eigenvalue weighted by atomic mass is 19.1. The van der Waals surface area contributed by atoms with Crippen LogP contribution in [0.3, 0.4) is 0 Å². The molecule has 1 N–H and O–H groups in total. The number of hydrogen-bond acceptors (Lipinski definition) is 3. The Labute approximate surface area is 155 Å². The van der Waals surface area contributed by atoms with Crippen LogP contribution >= 0.6 is 0 Å². The summed E-state index contributed by atoms with van der Waals surface area (Å²) in [4.78, 5) is 18.0. The van der Waals surface area contributed by atoms with Gasteiger partial charge in [-0.3, -0.25) is 4.79 Å². The number of carbonyl (C=O) groups excluding carboxylic acids is 1. The molecular weight excluding hydrogens is 348 g/mol. The van der Waals surface area contributed by atoms with Crippen molar-refractivity contribution in [1.82, 2.24) is 14.9 Å². The largest absolute Gasteiger partial charge is 0.322 e. The Bertz CT molecular complexity index is 1010. The van der Waals surface area contributed by atoms with Gasteiger partial charge in [-0.2, -0.15) is 0 Å². The van der Waals surface area contributed by atoms with Crippen molar-refractivity contribution in [3.63, 3.8) is 0 Å². The molecule has 2 aromatic carbocycles. The van der Waals surface area contributed by atoms with E-state index in [1.54, 1.807) is 12.1 Å². The molecule has 0 atom stereocenters. The van der Waals surface area contributed by atoms with E-state index in [1.807, 2.05) is 18.4 Å². The van der Waals surface area contributed by atoms with Crippen molar-refractivity contribution < 1.29 is 13.6 Å². The lowest BCUT2D eigenvalue weighted by molar-refractivity contribution is 0.102. The van der Waals surface area contributed by atoms with E-state index in [2.05, 4.69) is 5.32 Å². The Kier molecular flexibility index (Phi) is 4.15. The number of imidazole rings is 1. The zero-order valence-electron chi connectivity index (χ0n) is 15.1. The van der Waals surface area contributed by atoms with E-state index < -0.39 is 11.4 Å². The van der Waals surface area contributed by atoms with Gasteiger partial charge in [-0.15, -0.1) is 0 Å². The number of ketones is 1. The lowest BCUT2D eigenvalue weighted by Crippen LogP contribution is -2.45. The van der Waals surface area contributed by atoms with Crippen molar-refractivity contribution in [2.75, 3.05) is 6.54 Å². The van der Waals surface area contributed by atoms with E-state index in [0.717, 1.165) is 5.82 Å². The third-order valence-electron chi connectivity index (χ3n) is 4.87. The highest BCUT2D eigenvalue weighted by Gasteiger charge is 2.35. The molecule has 3 aromatic rings. The Morgan fingerprint density at radius 1 is 1.04 bits per heavy atom. The fraction of sp³-hybridized carbons (Fsp3) is 0.238. The molecule has 0 amide bonds. The van der Waals surface area contributed by atoms with Crippen LogP contribution in [0.1, 0.15) is 35.7 Å². The first-order chi connectivity index (χ1) is 12.9. The summed E-state index contributed by atoms with van der Waals surface area (Å²) in [6.07, 6.45) is 0. The molecule has 1 aromatic heterocycles. The molecule has 0 radical (unpaired) electrons. The van der Waals surface area contributed by atoms with Gasteiger partial charge in [-0.05, 0) is 62.4 Å². The van der Waals surface area contributed by atoms with E-state index in [4.69, 9.17) is 4.98 Å². The molecule has 0 spiro atoms. The predicted octanol–water partition coefficient (Wildman–Crippen LogP) is 3.90. The molecule has 1 aliphatic heterocycles. The van der Waals surface area contributed by atoms with Crippen molar-refractivity contribution in [3.8, 4) is 11.3 Å². The van der Waals surface area contributed by atoms with Gasteiger partial charge in [0.15, 0.2) is 0 Å². The van der Waals surface area contributed by atoms with E-state index >= 15 is 0 Å². The summed E-state index contributed by atoms with van der Waals surface area (Å²) in [5.41, 5.74) is 1.60. The third-order valence-corrected chi connectivity index (χ3v) is 4.87.